The molecule has 0 saturated heterocycles. The molecular formula is C16H22NOP. The number of allylic oxidation sites excluding steroid dienone is 1. The van der Waals surface area contributed by atoms with E-state index in [2.05, 4.69) is 43.5 Å². The summed E-state index contributed by atoms with van der Waals surface area (Å²) in [5, 5.41) is 1.02. The molecule has 0 unspecified atom stereocenters. The monoisotopic (exact) mass is 275 g/mol. The molecule has 0 aliphatic carbocycles. The topological polar surface area (TPSA) is 20.3 Å². The van der Waals surface area contributed by atoms with Crippen LogP contribution in [-0.4, -0.2) is 20.4 Å². The molecule has 1 aliphatic heterocycles. The van der Waals surface area contributed by atoms with Crippen LogP contribution >= 0.6 is 7.14 Å². The summed E-state index contributed by atoms with van der Waals surface area (Å²) < 4.78 is 12.7. The zero-order chi connectivity index (χ0) is 14.4. The Kier molecular flexibility index (Phi) is 3.49. The van der Waals surface area contributed by atoms with Crippen molar-refractivity contribution in [3.63, 3.8) is 0 Å². The van der Waals surface area contributed by atoms with Crippen molar-refractivity contribution in [1.82, 2.24) is 0 Å². The fourth-order valence-corrected chi connectivity index (χ4v) is 4.31. The van der Waals surface area contributed by atoms with Crippen LogP contribution in [0.25, 0.3) is 6.08 Å². The number of fused-ring (bicyclic) bond motifs is 1. The normalized spacial score (nSPS) is 15.1. The number of rotatable bonds is 2. The van der Waals surface area contributed by atoms with E-state index in [1.165, 1.54) is 5.56 Å². The molecule has 0 bridgehead atoms. The fourth-order valence-electron chi connectivity index (χ4n) is 2.58. The maximum absolute atomic E-state index is 12.7. The van der Waals surface area contributed by atoms with Gasteiger partial charge >= 0.3 is 0 Å². The first-order chi connectivity index (χ1) is 8.73. The van der Waals surface area contributed by atoms with E-state index in [-0.39, 0.29) is 0 Å². The zero-order valence-corrected chi connectivity index (χ0v) is 13.3. The SMILES string of the molecule is C=C1C=Cc2c(ccc(C(C)C)c2P(C)(C)=O)N1C. The van der Waals surface area contributed by atoms with Gasteiger partial charge < -0.3 is 9.46 Å². The largest absolute Gasteiger partial charge is 0.345 e. The summed E-state index contributed by atoms with van der Waals surface area (Å²) in [4.78, 5) is 2.05. The molecule has 0 aromatic heterocycles. The molecule has 0 amide bonds. The van der Waals surface area contributed by atoms with E-state index in [0.717, 1.165) is 22.3 Å². The quantitative estimate of drug-likeness (QED) is 0.759. The van der Waals surface area contributed by atoms with Gasteiger partial charge in [-0.05, 0) is 37.0 Å². The van der Waals surface area contributed by atoms with Crippen molar-refractivity contribution >= 4 is 24.2 Å². The lowest BCUT2D eigenvalue weighted by Gasteiger charge is -2.30. The molecule has 0 radical (unpaired) electrons. The van der Waals surface area contributed by atoms with Gasteiger partial charge in [-0.2, -0.15) is 0 Å². The number of likely N-dealkylation sites (N-methyl/N-ethyl adjacent to an activating group) is 1. The summed E-state index contributed by atoms with van der Waals surface area (Å²) >= 11 is 0. The highest BCUT2D eigenvalue weighted by Gasteiger charge is 2.26. The number of hydrogen-bond donors (Lipinski definition) is 0. The molecule has 3 heteroatoms. The van der Waals surface area contributed by atoms with Gasteiger partial charge in [0.25, 0.3) is 0 Å². The molecule has 0 atom stereocenters. The molecule has 0 saturated carbocycles. The first-order valence-electron chi connectivity index (χ1n) is 6.56. The molecule has 0 spiro atoms. The summed E-state index contributed by atoms with van der Waals surface area (Å²) in [5.41, 5.74) is 4.33. The summed E-state index contributed by atoms with van der Waals surface area (Å²) in [6.45, 7) is 12.0. The van der Waals surface area contributed by atoms with Crippen molar-refractivity contribution in [2.45, 2.75) is 19.8 Å². The van der Waals surface area contributed by atoms with Crippen LogP contribution in [0.5, 0.6) is 0 Å². The fraction of sp³-hybridized carbons (Fsp3) is 0.375. The second-order valence-corrected chi connectivity index (χ2v) is 8.97. The molecular weight excluding hydrogens is 253 g/mol. The third-order valence-corrected chi connectivity index (χ3v) is 5.20. The predicted molar refractivity (Wildman–Crippen MR) is 86.2 cm³/mol. The van der Waals surface area contributed by atoms with Gasteiger partial charge in [0.2, 0.25) is 0 Å². The van der Waals surface area contributed by atoms with Crippen molar-refractivity contribution in [2.75, 3.05) is 25.3 Å². The Labute approximate surface area is 116 Å². The maximum atomic E-state index is 12.7. The standard InChI is InChI=1S/C16H22NOP/c1-11(2)13-9-10-15-14(16(13)19(5,6)18)8-7-12(3)17(15)4/h7-11H,3H2,1-2,4-6H3. The van der Waals surface area contributed by atoms with Gasteiger partial charge in [-0.1, -0.05) is 32.6 Å². The smallest absolute Gasteiger partial charge is 0.110 e. The van der Waals surface area contributed by atoms with Crippen LogP contribution < -0.4 is 10.2 Å². The van der Waals surface area contributed by atoms with Crippen LogP contribution in [0.3, 0.4) is 0 Å². The van der Waals surface area contributed by atoms with E-state index in [4.69, 9.17) is 0 Å². The van der Waals surface area contributed by atoms with Gasteiger partial charge in [0.15, 0.2) is 0 Å². The Balaban J connectivity index is 2.80. The van der Waals surface area contributed by atoms with E-state index in [9.17, 15) is 4.57 Å². The lowest BCUT2D eigenvalue weighted by atomic mass is 9.97. The highest BCUT2D eigenvalue weighted by Crippen LogP contribution is 2.43. The van der Waals surface area contributed by atoms with E-state index < -0.39 is 7.14 Å². The summed E-state index contributed by atoms with van der Waals surface area (Å²) in [6.07, 6.45) is 4.05. The van der Waals surface area contributed by atoms with E-state index in [0.29, 0.717) is 5.92 Å². The van der Waals surface area contributed by atoms with Crippen LogP contribution in [0.1, 0.15) is 30.9 Å². The van der Waals surface area contributed by atoms with E-state index >= 15 is 0 Å². The Morgan fingerprint density at radius 2 is 1.84 bits per heavy atom. The third-order valence-electron chi connectivity index (χ3n) is 3.62. The Hall–Kier alpha value is -1.27. The molecule has 1 aromatic carbocycles. The number of anilines is 1. The minimum Gasteiger partial charge on any atom is -0.345 e. The molecule has 0 N–H and O–H groups in total. The highest BCUT2D eigenvalue weighted by atomic mass is 31.2. The summed E-state index contributed by atoms with van der Waals surface area (Å²) in [5.74, 6) is 0.373. The molecule has 0 fully saturated rings. The molecule has 102 valence electrons. The van der Waals surface area contributed by atoms with Crippen molar-refractivity contribution in [1.29, 1.82) is 0 Å². The Morgan fingerprint density at radius 1 is 1.21 bits per heavy atom. The maximum Gasteiger partial charge on any atom is 0.110 e. The lowest BCUT2D eigenvalue weighted by molar-refractivity contribution is 0.588. The first kappa shape index (κ1) is 14.1. The summed E-state index contributed by atoms with van der Waals surface area (Å²) in [6, 6.07) is 4.22. The molecule has 1 aliphatic rings. The van der Waals surface area contributed by atoms with Gasteiger partial charge in [0.05, 0.1) is 0 Å². The average molecular weight is 275 g/mol. The molecule has 2 nitrogen and oxygen atoms in total. The second-order valence-electron chi connectivity index (χ2n) is 5.83. The van der Waals surface area contributed by atoms with Gasteiger partial charge in [0, 0.05) is 29.3 Å². The zero-order valence-electron chi connectivity index (χ0n) is 12.4. The molecule has 1 aromatic rings. The van der Waals surface area contributed by atoms with Crippen molar-refractivity contribution < 1.29 is 4.57 Å². The number of hydrogen-bond acceptors (Lipinski definition) is 2. The second kappa shape index (κ2) is 4.68. The Morgan fingerprint density at radius 3 is 2.37 bits per heavy atom. The Bertz CT molecular complexity index is 607. The third kappa shape index (κ3) is 2.42. The van der Waals surface area contributed by atoms with Crippen LogP contribution in [0.4, 0.5) is 5.69 Å². The van der Waals surface area contributed by atoms with Crippen LogP contribution in [0.15, 0.2) is 30.5 Å². The minimum absolute atomic E-state index is 0.373. The molecule has 1 heterocycles. The van der Waals surface area contributed by atoms with Crippen LogP contribution in [0.2, 0.25) is 0 Å². The van der Waals surface area contributed by atoms with Gasteiger partial charge in [-0.3, -0.25) is 0 Å². The van der Waals surface area contributed by atoms with E-state index in [1.54, 1.807) is 0 Å². The summed E-state index contributed by atoms with van der Waals surface area (Å²) in [7, 11) is -0.324. The number of nitrogens with zero attached hydrogens (tertiary/aromatic N) is 1. The van der Waals surface area contributed by atoms with Crippen molar-refractivity contribution in [3.8, 4) is 0 Å². The first-order valence-corrected chi connectivity index (χ1v) is 9.16. The minimum atomic E-state index is -2.32. The average Bonchev–Trinajstić information content (AvgIpc) is 2.31. The molecule has 19 heavy (non-hydrogen) atoms. The van der Waals surface area contributed by atoms with Crippen molar-refractivity contribution in [2.24, 2.45) is 0 Å². The van der Waals surface area contributed by atoms with Gasteiger partial charge in [-0.25, -0.2) is 0 Å². The highest BCUT2D eigenvalue weighted by molar-refractivity contribution is 7.70. The van der Waals surface area contributed by atoms with Crippen LogP contribution in [-0.2, 0) is 4.57 Å². The number of benzene rings is 1. The van der Waals surface area contributed by atoms with Crippen LogP contribution in [0, 0.1) is 0 Å². The van der Waals surface area contributed by atoms with Crippen molar-refractivity contribution in [3.05, 3.63) is 41.6 Å². The lowest BCUT2D eigenvalue weighted by Crippen LogP contribution is -2.24. The van der Waals surface area contributed by atoms with E-state index in [1.807, 2.05) is 26.5 Å². The van der Waals surface area contributed by atoms with Gasteiger partial charge in [0.1, 0.15) is 7.14 Å². The van der Waals surface area contributed by atoms with Gasteiger partial charge in [-0.15, -0.1) is 0 Å². The molecule has 2 rings (SSSR count). The predicted octanol–water partition coefficient (Wildman–Crippen LogP) is 4.03.